The Morgan fingerprint density at radius 1 is 0.839 bits per heavy atom. The van der Waals surface area contributed by atoms with Crippen molar-refractivity contribution in [3.8, 4) is 0 Å². The number of benzene rings is 2. The van der Waals surface area contributed by atoms with Crippen molar-refractivity contribution in [2.75, 3.05) is 62.9 Å². The van der Waals surface area contributed by atoms with Crippen LogP contribution in [0.25, 0.3) is 0 Å². The zero-order valence-corrected chi connectivity index (χ0v) is 18.9. The SMILES string of the molecule is CN(C)c1ccc(NC(=O)C(=O)NC[C@@H](c2ccc(N(C)C)cc2)N2CCCC2)cc1. The Bertz CT molecular complexity index is 872. The Hall–Kier alpha value is -3.06. The van der Waals surface area contributed by atoms with Crippen LogP contribution in [0.2, 0.25) is 0 Å². The Balaban J connectivity index is 1.62. The molecule has 2 amide bonds. The summed E-state index contributed by atoms with van der Waals surface area (Å²) in [6.07, 6.45) is 2.31. The molecule has 0 radical (unpaired) electrons. The fourth-order valence-corrected chi connectivity index (χ4v) is 3.81. The first-order chi connectivity index (χ1) is 14.8. The number of amides is 2. The van der Waals surface area contributed by atoms with Crippen molar-refractivity contribution in [3.63, 3.8) is 0 Å². The maximum atomic E-state index is 12.5. The van der Waals surface area contributed by atoms with Crippen molar-refractivity contribution in [1.29, 1.82) is 0 Å². The van der Waals surface area contributed by atoms with E-state index < -0.39 is 11.8 Å². The predicted octanol–water partition coefficient (Wildman–Crippen LogP) is 2.71. The molecule has 0 aromatic heterocycles. The number of nitrogens with one attached hydrogen (secondary N) is 2. The number of hydrogen-bond donors (Lipinski definition) is 2. The van der Waals surface area contributed by atoms with E-state index in [-0.39, 0.29) is 6.04 Å². The first-order valence-electron chi connectivity index (χ1n) is 10.7. The summed E-state index contributed by atoms with van der Waals surface area (Å²) >= 11 is 0. The third-order valence-corrected chi connectivity index (χ3v) is 5.68. The van der Waals surface area contributed by atoms with Crippen LogP contribution in [-0.4, -0.2) is 64.5 Å². The zero-order chi connectivity index (χ0) is 22.4. The van der Waals surface area contributed by atoms with Gasteiger partial charge in [0.25, 0.3) is 0 Å². The monoisotopic (exact) mass is 423 g/mol. The predicted molar refractivity (Wildman–Crippen MR) is 127 cm³/mol. The Labute approximate surface area is 185 Å². The number of hydrogen-bond acceptors (Lipinski definition) is 5. The van der Waals surface area contributed by atoms with E-state index in [1.165, 1.54) is 0 Å². The normalized spacial score (nSPS) is 14.7. The molecule has 166 valence electrons. The fourth-order valence-electron chi connectivity index (χ4n) is 3.81. The van der Waals surface area contributed by atoms with Gasteiger partial charge in [-0.05, 0) is 67.9 Å². The standard InChI is InChI=1S/C24H33N5O2/c1-27(2)20-11-7-18(8-12-20)22(29-15-5-6-16-29)17-25-23(30)24(31)26-19-9-13-21(14-10-19)28(3)4/h7-14,22H,5-6,15-17H2,1-4H3,(H,25,30)(H,26,31)/t22-/m0/s1. The van der Waals surface area contributed by atoms with Crippen molar-refractivity contribution in [3.05, 3.63) is 54.1 Å². The van der Waals surface area contributed by atoms with Gasteiger partial charge in [-0.15, -0.1) is 0 Å². The van der Waals surface area contributed by atoms with Crippen LogP contribution in [0.1, 0.15) is 24.4 Å². The van der Waals surface area contributed by atoms with Crippen LogP contribution in [0.15, 0.2) is 48.5 Å². The van der Waals surface area contributed by atoms with Crippen molar-refractivity contribution in [2.24, 2.45) is 0 Å². The summed E-state index contributed by atoms with van der Waals surface area (Å²) in [6.45, 7) is 2.40. The van der Waals surface area contributed by atoms with Crippen molar-refractivity contribution in [2.45, 2.75) is 18.9 Å². The highest BCUT2D eigenvalue weighted by molar-refractivity contribution is 6.39. The highest BCUT2D eigenvalue weighted by atomic mass is 16.2. The summed E-state index contributed by atoms with van der Waals surface area (Å²) in [5.41, 5.74) is 3.90. The molecule has 0 bridgehead atoms. The van der Waals surface area contributed by atoms with E-state index >= 15 is 0 Å². The molecule has 7 heteroatoms. The summed E-state index contributed by atoms with van der Waals surface area (Å²) in [6, 6.07) is 15.8. The molecule has 1 atom stereocenters. The fraction of sp³-hybridized carbons (Fsp3) is 0.417. The van der Waals surface area contributed by atoms with Crippen molar-refractivity contribution >= 4 is 28.9 Å². The molecule has 1 aliphatic rings. The molecule has 1 heterocycles. The van der Waals surface area contributed by atoms with Crippen LogP contribution in [0.5, 0.6) is 0 Å². The molecule has 7 nitrogen and oxygen atoms in total. The van der Waals surface area contributed by atoms with Gasteiger partial charge in [-0.1, -0.05) is 12.1 Å². The van der Waals surface area contributed by atoms with Crippen LogP contribution >= 0.6 is 0 Å². The molecule has 1 saturated heterocycles. The van der Waals surface area contributed by atoms with Gasteiger partial charge in [-0.2, -0.15) is 0 Å². The summed E-state index contributed by atoms with van der Waals surface area (Å²) in [5.74, 6) is -1.27. The number of nitrogens with zero attached hydrogens (tertiary/aromatic N) is 3. The molecular weight excluding hydrogens is 390 g/mol. The zero-order valence-electron chi connectivity index (χ0n) is 18.9. The molecule has 2 aromatic carbocycles. The summed E-state index contributed by atoms with van der Waals surface area (Å²) in [5, 5.41) is 5.51. The molecule has 0 unspecified atom stereocenters. The van der Waals surface area contributed by atoms with Crippen LogP contribution in [0, 0.1) is 0 Å². The van der Waals surface area contributed by atoms with E-state index in [4.69, 9.17) is 0 Å². The van der Waals surface area contributed by atoms with Gasteiger partial charge < -0.3 is 20.4 Å². The first kappa shape index (κ1) is 22.6. The lowest BCUT2D eigenvalue weighted by Gasteiger charge is -2.28. The highest BCUT2D eigenvalue weighted by Crippen LogP contribution is 2.26. The van der Waals surface area contributed by atoms with Crippen LogP contribution in [0.4, 0.5) is 17.1 Å². The van der Waals surface area contributed by atoms with Gasteiger partial charge in [0.05, 0.1) is 6.04 Å². The molecule has 0 saturated carbocycles. The number of likely N-dealkylation sites (tertiary alicyclic amines) is 1. The molecular formula is C24H33N5O2. The smallest absolute Gasteiger partial charge is 0.313 e. The van der Waals surface area contributed by atoms with Gasteiger partial charge >= 0.3 is 11.8 Å². The second-order valence-electron chi connectivity index (χ2n) is 8.35. The van der Waals surface area contributed by atoms with E-state index in [9.17, 15) is 9.59 Å². The molecule has 0 spiro atoms. The molecule has 3 rings (SSSR count). The van der Waals surface area contributed by atoms with E-state index in [2.05, 4.69) is 44.7 Å². The third-order valence-electron chi connectivity index (χ3n) is 5.68. The topological polar surface area (TPSA) is 67.9 Å². The van der Waals surface area contributed by atoms with Gasteiger partial charge in [0, 0.05) is 51.8 Å². The molecule has 2 N–H and O–H groups in total. The van der Waals surface area contributed by atoms with Gasteiger partial charge in [0.2, 0.25) is 0 Å². The van der Waals surface area contributed by atoms with Gasteiger partial charge in [0.1, 0.15) is 0 Å². The van der Waals surface area contributed by atoms with Gasteiger partial charge in [-0.25, -0.2) is 0 Å². The second-order valence-corrected chi connectivity index (χ2v) is 8.35. The maximum Gasteiger partial charge on any atom is 0.313 e. The molecule has 2 aromatic rings. The largest absolute Gasteiger partial charge is 0.378 e. The van der Waals surface area contributed by atoms with Gasteiger partial charge in [0.15, 0.2) is 0 Å². The summed E-state index contributed by atoms with van der Waals surface area (Å²) < 4.78 is 0. The minimum absolute atomic E-state index is 0.0508. The lowest BCUT2D eigenvalue weighted by molar-refractivity contribution is -0.136. The minimum atomic E-state index is -0.652. The Morgan fingerprint density at radius 3 is 1.87 bits per heavy atom. The number of carbonyl (C=O) groups excluding carboxylic acids is 2. The molecule has 1 aliphatic heterocycles. The lowest BCUT2D eigenvalue weighted by Crippen LogP contribution is -2.41. The summed E-state index contributed by atoms with van der Waals surface area (Å²) in [4.78, 5) is 31.2. The minimum Gasteiger partial charge on any atom is -0.378 e. The first-order valence-corrected chi connectivity index (χ1v) is 10.7. The van der Waals surface area contributed by atoms with E-state index in [0.29, 0.717) is 12.2 Å². The third kappa shape index (κ3) is 5.98. The Kier molecular flexibility index (Phi) is 7.52. The number of rotatable bonds is 7. The molecule has 31 heavy (non-hydrogen) atoms. The number of anilines is 3. The van der Waals surface area contributed by atoms with E-state index in [1.807, 2.05) is 45.2 Å². The van der Waals surface area contributed by atoms with Crippen molar-refractivity contribution in [1.82, 2.24) is 10.2 Å². The van der Waals surface area contributed by atoms with Crippen molar-refractivity contribution < 1.29 is 9.59 Å². The van der Waals surface area contributed by atoms with Crippen LogP contribution in [-0.2, 0) is 9.59 Å². The molecule has 1 fully saturated rings. The average molecular weight is 424 g/mol. The number of carbonyl (C=O) groups is 2. The average Bonchev–Trinajstić information content (AvgIpc) is 3.29. The Morgan fingerprint density at radius 2 is 1.35 bits per heavy atom. The summed E-state index contributed by atoms with van der Waals surface area (Å²) in [7, 11) is 7.93. The highest BCUT2D eigenvalue weighted by Gasteiger charge is 2.25. The van der Waals surface area contributed by atoms with Crippen LogP contribution < -0.4 is 20.4 Å². The second kappa shape index (κ2) is 10.3. The van der Waals surface area contributed by atoms with E-state index in [1.54, 1.807) is 12.1 Å². The lowest BCUT2D eigenvalue weighted by atomic mass is 10.0. The van der Waals surface area contributed by atoms with E-state index in [0.717, 1.165) is 42.9 Å². The van der Waals surface area contributed by atoms with Crippen LogP contribution in [0.3, 0.4) is 0 Å². The van der Waals surface area contributed by atoms with Gasteiger partial charge in [-0.3, -0.25) is 14.5 Å². The quantitative estimate of drug-likeness (QED) is 0.671. The maximum absolute atomic E-state index is 12.5. The molecule has 0 aliphatic carbocycles.